The van der Waals surface area contributed by atoms with E-state index >= 15 is 0 Å². The van der Waals surface area contributed by atoms with Crippen molar-refractivity contribution >= 4 is 28.6 Å². The molecule has 6 nitrogen and oxygen atoms in total. The number of fused-ring (bicyclic) bond motifs is 1. The predicted octanol–water partition coefficient (Wildman–Crippen LogP) is 3.08. The van der Waals surface area contributed by atoms with Gasteiger partial charge in [-0.1, -0.05) is 45.0 Å². The maximum Gasteiger partial charge on any atom is 0.341 e. The summed E-state index contributed by atoms with van der Waals surface area (Å²) in [4.78, 5) is 35.9. The molecule has 0 fully saturated rings. The molecule has 1 N–H and O–H groups in total. The van der Waals surface area contributed by atoms with Crippen LogP contribution < -0.4 is 10.1 Å². The normalized spacial score (nSPS) is 11.1. The number of carbonyl (C=O) groups excluding carboxylic acids is 3. The maximum atomic E-state index is 12.1. The summed E-state index contributed by atoms with van der Waals surface area (Å²) in [5.74, 6) is -1.13. The standard InChI is InChI=1S/C20H23NO5/c1-20(2,3)19(24)21-10-9-17(22)26-16-12-14-8-6-5-7-13(14)11-15(16)18(23)25-4/h5-8,11-12H,9-10H2,1-4H3,(H,21,24). The van der Waals surface area contributed by atoms with Crippen LogP contribution in [0, 0.1) is 5.41 Å². The number of hydrogen-bond acceptors (Lipinski definition) is 5. The lowest BCUT2D eigenvalue weighted by molar-refractivity contribution is -0.134. The van der Waals surface area contributed by atoms with Gasteiger partial charge in [0, 0.05) is 12.0 Å². The first-order chi connectivity index (χ1) is 12.2. The first-order valence-corrected chi connectivity index (χ1v) is 8.32. The van der Waals surface area contributed by atoms with Crippen LogP contribution in [0.25, 0.3) is 10.8 Å². The van der Waals surface area contributed by atoms with Gasteiger partial charge in [0.15, 0.2) is 0 Å². The molecule has 2 aromatic carbocycles. The van der Waals surface area contributed by atoms with E-state index in [2.05, 4.69) is 5.32 Å². The average molecular weight is 357 g/mol. The summed E-state index contributed by atoms with van der Waals surface area (Å²) in [5.41, 5.74) is -0.349. The van der Waals surface area contributed by atoms with Crippen molar-refractivity contribution < 1.29 is 23.9 Å². The Hall–Kier alpha value is -2.89. The number of ether oxygens (including phenoxy) is 2. The fourth-order valence-electron chi connectivity index (χ4n) is 2.29. The smallest absolute Gasteiger partial charge is 0.341 e. The summed E-state index contributed by atoms with van der Waals surface area (Å²) >= 11 is 0. The van der Waals surface area contributed by atoms with Gasteiger partial charge in [-0.25, -0.2) is 4.79 Å². The number of amides is 1. The zero-order chi connectivity index (χ0) is 19.3. The zero-order valence-corrected chi connectivity index (χ0v) is 15.4. The number of nitrogens with one attached hydrogen (secondary N) is 1. The molecule has 0 bridgehead atoms. The Labute approximate surface area is 152 Å². The van der Waals surface area contributed by atoms with Crippen LogP contribution in [0.4, 0.5) is 0 Å². The Bertz CT molecular complexity index is 836. The second kappa shape index (κ2) is 7.99. The van der Waals surface area contributed by atoms with Crippen molar-refractivity contribution in [1.29, 1.82) is 0 Å². The van der Waals surface area contributed by atoms with Crippen molar-refractivity contribution in [2.24, 2.45) is 5.41 Å². The third-order valence-corrected chi connectivity index (χ3v) is 3.77. The summed E-state index contributed by atoms with van der Waals surface area (Å²) in [6, 6.07) is 10.7. The monoisotopic (exact) mass is 357 g/mol. The molecule has 0 aliphatic carbocycles. The van der Waals surface area contributed by atoms with Crippen LogP contribution in [0.2, 0.25) is 0 Å². The first kappa shape index (κ1) is 19.4. The molecule has 0 aromatic heterocycles. The van der Waals surface area contributed by atoms with Crippen LogP contribution in [0.15, 0.2) is 36.4 Å². The summed E-state index contributed by atoms with van der Waals surface area (Å²) < 4.78 is 10.1. The second-order valence-electron chi connectivity index (χ2n) is 6.92. The number of carbonyl (C=O) groups is 3. The largest absolute Gasteiger partial charge is 0.465 e. The third-order valence-electron chi connectivity index (χ3n) is 3.77. The summed E-state index contributed by atoms with van der Waals surface area (Å²) in [6.07, 6.45) is -0.00470. The van der Waals surface area contributed by atoms with E-state index in [0.29, 0.717) is 0 Å². The zero-order valence-electron chi connectivity index (χ0n) is 15.4. The minimum atomic E-state index is -0.584. The Kier molecular flexibility index (Phi) is 5.97. The highest BCUT2D eigenvalue weighted by molar-refractivity contribution is 5.99. The third kappa shape index (κ3) is 4.81. The molecule has 0 radical (unpaired) electrons. The highest BCUT2D eigenvalue weighted by Gasteiger charge is 2.21. The van der Waals surface area contributed by atoms with Crippen molar-refractivity contribution in [2.75, 3.05) is 13.7 Å². The second-order valence-corrected chi connectivity index (χ2v) is 6.92. The minimum Gasteiger partial charge on any atom is -0.465 e. The molecule has 2 rings (SSSR count). The molecule has 0 saturated carbocycles. The molecular weight excluding hydrogens is 334 g/mol. The highest BCUT2D eigenvalue weighted by atomic mass is 16.5. The van der Waals surface area contributed by atoms with E-state index in [0.717, 1.165) is 10.8 Å². The Morgan fingerprint density at radius 1 is 1.04 bits per heavy atom. The van der Waals surface area contributed by atoms with E-state index in [9.17, 15) is 14.4 Å². The Morgan fingerprint density at radius 2 is 1.65 bits per heavy atom. The summed E-state index contributed by atoms with van der Waals surface area (Å²) in [7, 11) is 1.27. The number of hydrogen-bond donors (Lipinski definition) is 1. The SMILES string of the molecule is COC(=O)c1cc2ccccc2cc1OC(=O)CCNC(=O)C(C)(C)C. The number of rotatable bonds is 5. The molecule has 0 saturated heterocycles. The lowest BCUT2D eigenvalue weighted by Gasteiger charge is -2.17. The molecule has 0 unspecified atom stereocenters. The molecule has 0 aliphatic rings. The van der Waals surface area contributed by atoms with Gasteiger partial charge in [-0.2, -0.15) is 0 Å². The summed E-state index contributed by atoms with van der Waals surface area (Å²) in [6.45, 7) is 5.53. The molecule has 138 valence electrons. The van der Waals surface area contributed by atoms with Crippen LogP contribution in [0.3, 0.4) is 0 Å². The van der Waals surface area contributed by atoms with Crippen LogP contribution in [-0.2, 0) is 14.3 Å². The van der Waals surface area contributed by atoms with Crippen LogP contribution >= 0.6 is 0 Å². The van der Waals surface area contributed by atoms with Crippen molar-refractivity contribution in [3.8, 4) is 5.75 Å². The van der Waals surface area contributed by atoms with Gasteiger partial charge in [0.25, 0.3) is 0 Å². The fraction of sp³-hybridized carbons (Fsp3) is 0.350. The predicted molar refractivity (Wildman–Crippen MR) is 98.0 cm³/mol. The van der Waals surface area contributed by atoms with Gasteiger partial charge in [-0.15, -0.1) is 0 Å². The van der Waals surface area contributed by atoms with E-state index in [1.807, 2.05) is 24.3 Å². The van der Waals surface area contributed by atoms with E-state index < -0.39 is 17.4 Å². The van der Waals surface area contributed by atoms with Gasteiger partial charge in [-0.05, 0) is 22.9 Å². The lowest BCUT2D eigenvalue weighted by Crippen LogP contribution is -2.36. The molecule has 0 heterocycles. The average Bonchev–Trinajstić information content (AvgIpc) is 2.59. The maximum absolute atomic E-state index is 12.1. The van der Waals surface area contributed by atoms with Crippen molar-refractivity contribution in [2.45, 2.75) is 27.2 Å². The minimum absolute atomic E-state index is 0.00470. The Balaban J connectivity index is 2.12. The lowest BCUT2D eigenvalue weighted by atomic mass is 9.96. The van der Waals surface area contributed by atoms with Crippen molar-refractivity contribution in [3.05, 3.63) is 42.0 Å². The van der Waals surface area contributed by atoms with E-state index in [4.69, 9.17) is 9.47 Å². The first-order valence-electron chi connectivity index (χ1n) is 8.32. The molecule has 6 heteroatoms. The van der Waals surface area contributed by atoms with Gasteiger partial charge in [0.05, 0.1) is 13.5 Å². The van der Waals surface area contributed by atoms with E-state index in [1.165, 1.54) is 7.11 Å². The Morgan fingerprint density at radius 3 is 2.23 bits per heavy atom. The van der Waals surface area contributed by atoms with Crippen molar-refractivity contribution in [3.63, 3.8) is 0 Å². The van der Waals surface area contributed by atoms with Crippen LogP contribution in [0.5, 0.6) is 5.75 Å². The van der Waals surface area contributed by atoms with Crippen LogP contribution in [0.1, 0.15) is 37.6 Å². The van der Waals surface area contributed by atoms with Gasteiger partial charge in [0.1, 0.15) is 11.3 Å². The van der Waals surface area contributed by atoms with E-state index in [-0.39, 0.29) is 30.2 Å². The topological polar surface area (TPSA) is 81.7 Å². The molecule has 0 atom stereocenters. The molecule has 0 spiro atoms. The fourth-order valence-corrected chi connectivity index (χ4v) is 2.29. The highest BCUT2D eigenvalue weighted by Crippen LogP contribution is 2.27. The van der Waals surface area contributed by atoms with Crippen LogP contribution in [-0.4, -0.2) is 31.5 Å². The molecule has 26 heavy (non-hydrogen) atoms. The molecule has 1 amide bonds. The van der Waals surface area contributed by atoms with Gasteiger partial charge < -0.3 is 14.8 Å². The van der Waals surface area contributed by atoms with Crippen molar-refractivity contribution in [1.82, 2.24) is 5.32 Å². The van der Waals surface area contributed by atoms with E-state index in [1.54, 1.807) is 32.9 Å². The quantitative estimate of drug-likeness (QED) is 0.657. The summed E-state index contributed by atoms with van der Waals surface area (Å²) in [5, 5.41) is 4.36. The number of benzene rings is 2. The molecule has 0 aliphatic heterocycles. The van der Waals surface area contributed by atoms with Gasteiger partial charge >= 0.3 is 11.9 Å². The van der Waals surface area contributed by atoms with Gasteiger partial charge in [-0.3, -0.25) is 9.59 Å². The molecular formula is C20H23NO5. The number of methoxy groups -OCH3 is 1. The number of esters is 2. The molecule has 2 aromatic rings. The van der Waals surface area contributed by atoms with Gasteiger partial charge in [0.2, 0.25) is 5.91 Å².